The summed E-state index contributed by atoms with van der Waals surface area (Å²) >= 11 is 7.90. The van der Waals surface area contributed by atoms with Crippen molar-refractivity contribution in [2.45, 2.75) is 32.9 Å². The lowest BCUT2D eigenvalue weighted by molar-refractivity contribution is -0.142. The van der Waals surface area contributed by atoms with Crippen molar-refractivity contribution in [3.8, 4) is 17.0 Å². The third-order valence-corrected chi connectivity index (χ3v) is 9.70. The molecule has 0 saturated carbocycles. The SMILES string of the molecule is Cc1cc(CN2CCS(=O)CC2)ccc1COc1ccc(Cl)cc1-c1csc(N2CCC(C(=O)O)CC2)n1. The fourth-order valence-corrected chi connectivity index (χ4v) is 7.12. The van der Waals surface area contributed by atoms with E-state index in [1.54, 1.807) is 11.3 Å². The van der Waals surface area contributed by atoms with Gasteiger partial charge in [0.1, 0.15) is 12.4 Å². The first kappa shape index (κ1) is 27.1. The number of aromatic nitrogens is 1. The molecule has 5 rings (SSSR count). The number of rotatable bonds is 8. The second-order valence-corrected chi connectivity index (χ2v) is 12.9. The third-order valence-electron chi connectivity index (χ3n) is 7.29. The Balaban J connectivity index is 1.25. The van der Waals surface area contributed by atoms with E-state index in [1.807, 2.05) is 23.6 Å². The Kier molecular flexibility index (Phi) is 8.67. The van der Waals surface area contributed by atoms with Crippen LogP contribution in [0, 0.1) is 12.8 Å². The van der Waals surface area contributed by atoms with Gasteiger partial charge in [0, 0.05) is 71.0 Å². The van der Waals surface area contributed by atoms with Crippen molar-refractivity contribution in [3.63, 3.8) is 0 Å². The van der Waals surface area contributed by atoms with Crippen LogP contribution in [0.2, 0.25) is 5.02 Å². The zero-order valence-electron chi connectivity index (χ0n) is 21.4. The Morgan fingerprint density at radius 3 is 2.63 bits per heavy atom. The van der Waals surface area contributed by atoms with E-state index in [4.69, 9.17) is 21.3 Å². The Morgan fingerprint density at radius 1 is 1.16 bits per heavy atom. The van der Waals surface area contributed by atoms with E-state index in [9.17, 15) is 14.1 Å². The monoisotopic (exact) mass is 573 g/mol. The van der Waals surface area contributed by atoms with Crippen LogP contribution in [-0.2, 0) is 28.7 Å². The minimum absolute atomic E-state index is 0.271. The third kappa shape index (κ3) is 6.57. The summed E-state index contributed by atoms with van der Waals surface area (Å²) in [6.07, 6.45) is 1.26. The van der Waals surface area contributed by atoms with Crippen molar-refractivity contribution in [1.29, 1.82) is 0 Å². The summed E-state index contributed by atoms with van der Waals surface area (Å²) < 4.78 is 17.9. The van der Waals surface area contributed by atoms with Gasteiger partial charge < -0.3 is 14.7 Å². The van der Waals surface area contributed by atoms with Gasteiger partial charge in [0.15, 0.2) is 5.13 Å². The maximum absolute atomic E-state index is 11.6. The molecule has 7 nitrogen and oxygen atoms in total. The van der Waals surface area contributed by atoms with Gasteiger partial charge in [-0.1, -0.05) is 29.8 Å². The van der Waals surface area contributed by atoms with Gasteiger partial charge in [-0.05, 0) is 54.7 Å². The highest BCUT2D eigenvalue weighted by Crippen LogP contribution is 2.37. The van der Waals surface area contributed by atoms with Gasteiger partial charge >= 0.3 is 5.97 Å². The minimum Gasteiger partial charge on any atom is -0.488 e. The smallest absolute Gasteiger partial charge is 0.306 e. The highest BCUT2D eigenvalue weighted by atomic mass is 35.5. The molecule has 2 aromatic carbocycles. The number of benzene rings is 2. The highest BCUT2D eigenvalue weighted by Gasteiger charge is 2.26. The molecular weight excluding hydrogens is 542 g/mol. The number of anilines is 1. The number of piperidine rings is 1. The summed E-state index contributed by atoms with van der Waals surface area (Å²) in [5.74, 6) is 1.26. The number of aliphatic carboxylic acids is 1. The molecule has 0 atom stereocenters. The number of hydrogen-bond donors (Lipinski definition) is 1. The quantitative estimate of drug-likeness (QED) is 0.396. The second kappa shape index (κ2) is 12.2. The van der Waals surface area contributed by atoms with E-state index in [-0.39, 0.29) is 5.92 Å². The number of ether oxygens (including phenoxy) is 1. The highest BCUT2D eigenvalue weighted by molar-refractivity contribution is 7.85. The lowest BCUT2D eigenvalue weighted by Gasteiger charge is -2.29. The van der Waals surface area contributed by atoms with E-state index >= 15 is 0 Å². The van der Waals surface area contributed by atoms with Crippen molar-refractivity contribution in [1.82, 2.24) is 9.88 Å². The molecule has 202 valence electrons. The van der Waals surface area contributed by atoms with Gasteiger partial charge in [0.2, 0.25) is 0 Å². The molecule has 0 unspecified atom stereocenters. The van der Waals surface area contributed by atoms with Crippen LogP contribution >= 0.6 is 22.9 Å². The van der Waals surface area contributed by atoms with Crippen molar-refractivity contribution < 1.29 is 18.8 Å². The van der Waals surface area contributed by atoms with Gasteiger partial charge in [0.25, 0.3) is 0 Å². The summed E-state index contributed by atoms with van der Waals surface area (Å²) in [7, 11) is -0.661. The van der Waals surface area contributed by atoms with E-state index in [1.165, 1.54) is 11.1 Å². The van der Waals surface area contributed by atoms with Crippen LogP contribution < -0.4 is 9.64 Å². The van der Waals surface area contributed by atoms with E-state index in [0.29, 0.717) is 37.6 Å². The van der Waals surface area contributed by atoms with Crippen LogP contribution in [0.4, 0.5) is 5.13 Å². The van der Waals surface area contributed by atoms with Crippen LogP contribution in [0.1, 0.15) is 29.5 Å². The molecule has 1 aromatic heterocycles. The molecule has 1 N–H and O–H groups in total. The van der Waals surface area contributed by atoms with Gasteiger partial charge in [-0.2, -0.15) is 0 Å². The molecule has 3 aromatic rings. The number of carboxylic acid groups (broad SMARTS) is 1. The van der Waals surface area contributed by atoms with Crippen LogP contribution in [0.3, 0.4) is 0 Å². The molecule has 0 amide bonds. The molecule has 0 radical (unpaired) electrons. The standard InChI is InChI=1S/C28H32ClN3O4S2/c1-19-14-20(16-31-10-12-38(35)13-11-31)2-3-22(19)17-36-26-5-4-23(29)15-24(26)25-18-37-28(30-25)32-8-6-21(7-9-32)27(33)34/h2-5,14-15,18,21H,6-13,16-17H2,1H3,(H,33,34). The Labute approximate surface area is 234 Å². The van der Waals surface area contributed by atoms with E-state index in [2.05, 4.69) is 34.9 Å². The van der Waals surface area contributed by atoms with Crippen molar-refractivity contribution in [2.24, 2.45) is 5.92 Å². The molecule has 0 aliphatic carbocycles. The molecule has 3 heterocycles. The molecular formula is C28H32ClN3O4S2. The van der Waals surface area contributed by atoms with Crippen molar-refractivity contribution >= 4 is 44.8 Å². The molecule has 2 aliphatic rings. The summed E-state index contributed by atoms with van der Waals surface area (Å²) in [5, 5.41) is 12.8. The second-order valence-electron chi connectivity index (χ2n) is 9.93. The lowest BCUT2D eigenvalue weighted by Crippen LogP contribution is -2.37. The first-order valence-electron chi connectivity index (χ1n) is 12.9. The normalized spacial score (nSPS) is 17.6. The predicted octanol–water partition coefficient (Wildman–Crippen LogP) is 5.22. The maximum atomic E-state index is 11.6. The summed E-state index contributed by atoms with van der Waals surface area (Å²) in [5.41, 5.74) is 5.21. The van der Waals surface area contributed by atoms with E-state index in [0.717, 1.165) is 58.8 Å². The van der Waals surface area contributed by atoms with Crippen LogP contribution in [0.15, 0.2) is 41.8 Å². The first-order chi connectivity index (χ1) is 18.4. The summed E-state index contributed by atoms with van der Waals surface area (Å²) in [4.78, 5) is 20.7. The number of carbonyl (C=O) groups is 1. The predicted molar refractivity (Wildman–Crippen MR) is 154 cm³/mol. The number of thiazole rings is 1. The maximum Gasteiger partial charge on any atom is 0.306 e. The molecule has 2 saturated heterocycles. The van der Waals surface area contributed by atoms with Crippen LogP contribution in [0.25, 0.3) is 11.3 Å². The Bertz CT molecular complexity index is 1310. The topological polar surface area (TPSA) is 83.0 Å². The largest absolute Gasteiger partial charge is 0.488 e. The van der Waals surface area contributed by atoms with Crippen LogP contribution in [-0.4, -0.2) is 62.9 Å². The molecule has 2 aliphatic heterocycles. The Morgan fingerprint density at radius 2 is 1.92 bits per heavy atom. The summed E-state index contributed by atoms with van der Waals surface area (Å²) in [6.45, 7) is 6.56. The average Bonchev–Trinajstić information content (AvgIpc) is 3.40. The number of aryl methyl sites for hydroxylation is 1. The fraction of sp³-hybridized carbons (Fsp3) is 0.429. The zero-order valence-corrected chi connectivity index (χ0v) is 23.8. The number of hydrogen-bond acceptors (Lipinski definition) is 7. The number of carboxylic acids is 1. The number of halogens is 1. The fourth-order valence-electron chi connectivity index (χ4n) is 4.94. The van der Waals surface area contributed by atoms with Crippen molar-refractivity contribution in [3.05, 3.63) is 63.5 Å². The molecule has 10 heteroatoms. The molecule has 0 bridgehead atoms. The zero-order chi connectivity index (χ0) is 26.6. The van der Waals surface area contributed by atoms with Crippen molar-refractivity contribution in [2.75, 3.05) is 42.6 Å². The van der Waals surface area contributed by atoms with Crippen LogP contribution in [0.5, 0.6) is 5.75 Å². The first-order valence-corrected chi connectivity index (χ1v) is 15.6. The lowest BCUT2D eigenvalue weighted by atomic mass is 9.97. The molecule has 38 heavy (non-hydrogen) atoms. The Hall–Kier alpha value is -2.46. The molecule has 0 spiro atoms. The van der Waals surface area contributed by atoms with E-state index < -0.39 is 16.8 Å². The minimum atomic E-state index is -0.712. The van der Waals surface area contributed by atoms with Gasteiger partial charge in [-0.15, -0.1) is 11.3 Å². The summed E-state index contributed by atoms with van der Waals surface area (Å²) in [6, 6.07) is 12.1. The van der Waals surface area contributed by atoms with Gasteiger partial charge in [-0.3, -0.25) is 13.9 Å². The van der Waals surface area contributed by atoms with Gasteiger partial charge in [0.05, 0.1) is 11.6 Å². The number of nitrogens with zero attached hydrogens (tertiary/aromatic N) is 3. The molecule has 2 fully saturated rings. The van der Waals surface area contributed by atoms with Gasteiger partial charge in [-0.25, -0.2) is 4.98 Å². The average molecular weight is 574 g/mol.